The topological polar surface area (TPSA) is 99.3 Å². The molecule has 3 N–H and O–H groups in total. The third kappa shape index (κ3) is 3.66. The molecule has 1 unspecified atom stereocenters. The Labute approximate surface area is 145 Å². The summed E-state index contributed by atoms with van der Waals surface area (Å²) in [7, 11) is -3.69. The van der Waals surface area contributed by atoms with Crippen molar-refractivity contribution in [3.05, 3.63) is 65.7 Å². The molecule has 1 aromatic heterocycles. The molecule has 3 rings (SSSR count). The summed E-state index contributed by atoms with van der Waals surface area (Å²) >= 11 is 0. The Morgan fingerprint density at radius 1 is 1.12 bits per heavy atom. The molecule has 0 aliphatic rings. The highest BCUT2D eigenvalue weighted by Gasteiger charge is 2.25. The molecule has 3 aromatic rings. The SMILES string of the molecule is CC(C(=O)O)c1c(NS(=O)(=O)Cc2ccccc2)[nH]c2ccccc12. The van der Waals surface area contributed by atoms with E-state index in [0.717, 1.165) is 0 Å². The molecule has 1 atom stereocenters. The Bertz CT molecular complexity index is 1010. The third-order valence-corrected chi connectivity index (χ3v) is 5.24. The smallest absolute Gasteiger partial charge is 0.310 e. The number of sulfonamides is 1. The number of para-hydroxylation sites is 1. The minimum atomic E-state index is -3.69. The number of carboxylic acid groups (broad SMARTS) is 1. The van der Waals surface area contributed by atoms with Crippen molar-refractivity contribution >= 4 is 32.7 Å². The average molecular weight is 358 g/mol. The minimum absolute atomic E-state index is 0.190. The lowest BCUT2D eigenvalue weighted by molar-refractivity contribution is -0.138. The second-order valence-corrected chi connectivity index (χ2v) is 7.59. The normalized spacial score (nSPS) is 12.8. The van der Waals surface area contributed by atoms with Crippen LogP contribution in [0.1, 0.15) is 24.0 Å². The number of benzene rings is 2. The van der Waals surface area contributed by atoms with E-state index in [1.165, 1.54) is 6.92 Å². The van der Waals surface area contributed by atoms with Crippen LogP contribution in [-0.4, -0.2) is 24.5 Å². The lowest BCUT2D eigenvalue weighted by atomic mass is 10.00. The van der Waals surface area contributed by atoms with Gasteiger partial charge in [0.1, 0.15) is 5.82 Å². The summed E-state index contributed by atoms with van der Waals surface area (Å²) < 4.78 is 27.5. The standard InChI is InChI=1S/C18H18N2O4S/c1-12(18(21)22)16-14-9-5-6-10-15(14)19-17(16)20-25(23,24)11-13-7-3-2-4-8-13/h2-10,12,19-20H,11H2,1H3,(H,21,22). The van der Waals surface area contributed by atoms with Crippen LogP contribution in [0.4, 0.5) is 5.82 Å². The first-order valence-electron chi connectivity index (χ1n) is 7.75. The molecule has 0 aliphatic heterocycles. The van der Waals surface area contributed by atoms with Gasteiger partial charge in [0.2, 0.25) is 10.0 Å². The van der Waals surface area contributed by atoms with Gasteiger partial charge in [0.05, 0.1) is 11.7 Å². The van der Waals surface area contributed by atoms with Gasteiger partial charge in [-0.2, -0.15) is 0 Å². The van der Waals surface area contributed by atoms with Gasteiger partial charge >= 0.3 is 5.97 Å². The fourth-order valence-corrected chi connectivity index (χ4v) is 3.98. The number of nitrogens with one attached hydrogen (secondary N) is 2. The first-order valence-corrected chi connectivity index (χ1v) is 9.40. The molecule has 0 bridgehead atoms. The van der Waals surface area contributed by atoms with Crippen LogP contribution >= 0.6 is 0 Å². The van der Waals surface area contributed by atoms with Crippen LogP contribution in [-0.2, 0) is 20.6 Å². The summed E-state index contributed by atoms with van der Waals surface area (Å²) in [5.41, 5.74) is 1.77. The fraction of sp³-hybridized carbons (Fsp3) is 0.167. The molecule has 1 heterocycles. The first kappa shape index (κ1) is 17.0. The number of aliphatic carboxylic acids is 1. The van der Waals surface area contributed by atoms with E-state index < -0.39 is 21.9 Å². The second kappa shape index (κ2) is 6.60. The summed E-state index contributed by atoms with van der Waals surface area (Å²) in [4.78, 5) is 14.4. The molecule has 0 spiro atoms. The zero-order valence-corrected chi connectivity index (χ0v) is 14.4. The van der Waals surface area contributed by atoms with Gasteiger partial charge in [-0.3, -0.25) is 9.52 Å². The third-order valence-electron chi connectivity index (χ3n) is 4.01. The van der Waals surface area contributed by atoms with Crippen molar-refractivity contribution in [3.63, 3.8) is 0 Å². The second-order valence-electron chi connectivity index (χ2n) is 5.87. The number of anilines is 1. The van der Waals surface area contributed by atoms with Crippen molar-refractivity contribution in [3.8, 4) is 0 Å². The predicted molar refractivity (Wildman–Crippen MR) is 97.0 cm³/mol. The maximum absolute atomic E-state index is 12.5. The van der Waals surface area contributed by atoms with Crippen LogP contribution in [0.25, 0.3) is 10.9 Å². The number of aromatic amines is 1. The first-order chi connectivity index (χ1) is 11.9. The van der Waals surface area contributed by atoms with E-state index in [2.05, 4.69) is 9.71 Å². The Kier molecular flexibility index (Phi) is 4.50. The van der Waals surface area contributed by atoms with Gasteiger partial charge in [0.15, 0.2) is 0 Å². The van der Waals surface area contributed by atoms with Crippen molar-refractivity contribution in [2.45, 2.75) is 18.6 Å². The minimum Gasteiger partial charge on any atom is -0.481 e. The number of carbonyl (C=O) groups is 1. The Morgan fingerprint density at radius 2 is 1.76 bits per heavy atom. The number of carboxylic acids is 1. The zero-order valence-electron chi connectivity index (χ0n) is 13.6. The van der Waals surface area contributed by atoms with E-state index >= 15 is 0 Å². The Morgan fingerprint density at radius 3 is 2.44 bits per heavy atom. The van der Waals surface area contributed by atoms with Gasteiger partial charge in [0, 0.05) is 16.5 Å². The molecule has 0 saturated heterocycles. The predicted octanol–water partition coefficient (Wildman–Crippen LogP) is 3.30. The summed E-state index contributed by atoms with van der Waals surface area (Å²) in [5.74, 6) is -1.87. The lowest BCUT2D eigenvalue weighted by Crippen LogP contribution is -2.18. The number of aromatic nitrogens is 1. The molecule has 6 nitrogen and oxygen atoms in total. The molecule has 0 fully saturated rings. The van der Waals surface area contributed by atoms with Crippen LogP contribution in [0.3, 0.4) is 0 Å². The molecule has 130 valence electrons. The maximum Gasteiger partial charge on any atom is 0.310 e. The van der Waals surface area contributed by atoms with Crippen LogP contribution in [0, 0.1) is 0 Å². The number of rotatable bonds is 6. The molecule has 0 radical (unpaired) electrons. The van der Waals surface area contributed by atoms with Crippen molar-refractivity contribution in [1.29, 1.82) is 0 Å². The van der Waals surface area contributed by atoms with Crippen molar-refractivity contribution in [1.82, 2.24) is 4.98 Å². The van der Waals surface area contributed by atoms with E-state index in [1.807, 2.05) is 6.07 Å². The molecular formula is C18H18N2O4S. The largest absolute Gasteiger partial charge is 0.481 e. The van der Waals surface area contributed by atoms with Gasteiger partial charge in [-0.15, -0.1) is 0 Å². The molecule has 0 aliphatic carbocycles. The van der Waals surface area contributed by atoms with Crippen LogP contribution in [0.5, 0.6) is 0 Å². The highest BCUT2D eigenvalue weighted by atomic mass is 32.2. The van der Waals surface area contributed by atoms with Crippen molar-refractivity contribution < 1.29 is 18.3 Å². The highest BCUT2D eigenvalue weighted by molar-refractivity contribution is 7.91. The number of H-pyrrole nitrogens is 1. The quantitative estimate of drug-likeness (QED) is 0.629. The molecule has 25 heavy (non-hydrogen) atoms. The fourth-order valence-electron chi connectivity index (χ4n) is 2.80. The summed E-state index contributed by atoms with van der Waals surface area (Å²) in [6.45, 7) is 1.53. The average Bonchev–Trinajstić information content (AvgIpc) is 2.91. The zero-order chi connectivity index (χ0) is 18.0. The van der Waals surface area contributed by atoms with E-state index in [0.29, 0.717) is 22.0 Å². The molecular weight excluding hydrogens is 340 g/mol. The van der Waals surface area contributed by atoms with Gasteiger partial charge < -0.3 is 10.1 Å². The monoisotopic (exact) mass is 358 g/mol. The van der Waals surface area contributed by atoms with Gasteiger partial charge in [-0.1, -0.05) is 48.5 Å². The van der Waals surface area contributed by atoms with Gasteiger partial charge in [-0.05, 0) is 18.6 Å². The molecule has 0 amide bonds. The molecule has 7 heteroatoms. The number of fused-ring (bicyclic) bond motifs is 1. The maximum atomic E-state index is 12.5. The van der Waals surface area contributed by atoms with Crippen LogP contribution in [0.15, 0.2) is 54.6 Å². The van der Waals surface area contributed by atoms with Gasteiger partial charge in [-0.25, -0.2) is 8.42 Å². The van der Waals surface area contributed by atoms with Crippen molar-refractivity contribution in [2.24, 2.45) is 0 Å². The van der Waals surface area contributed by atoms with Crippen LogP contribution in [0.2, 0.25) is 0 Å². The summed E-state index contributed by atoms with van der Waals surface area (Å²) in [5, 5.41) is 10.1. The summed E-state index contributed by atoms with van der Waals surface area (Å²) in [6, 6.07) is 16.0. The Hall–Kier alpha value is -2.80. The Balaban J connectivity index is 2.00. The lowest BCUT2D eigenvalue weighted by Gasteiger charge is -2.12. The van der Waals surface area contributed by atoms with E-state index in [4.69, 9.17) is 0 Å². The van der Waals surface area contributed by atoms with E-state index in [1.54, 1.807) is 48.5 Å². The summed E-state index contributed by atoms with van der Waals surface area (Å²) in [6.07, 6.45) is 0. The van der Waals surface area contributed by atoms with Crippen LogP contribution < -0.4 is 4.72 Å². The number of hydrogen-bond acceptors (Lipinski definition) is 3. The molecule has 0 saturated carbocycles. The number of hydrogen-bond donors (Lipinski definition) is 3. The highest BCUT2D eigenvalue weighted by Crippen LogP contribution is 2.33. The molecule has 2 aromatic carbocycles. The van der Waals surface area contributed by atoms with Gasteiger partial charge in [0.25, 0.3) is 0 Å². The van der Waals surface area contributed by atoms with E-state index in [9.17, 15) is 18.3 Å². The van der Waals surface area contributed by atoms with E-state index in [-0.39, 0.29) is 11.6 Å². The van der Waals surface area contributed by atoms with Crippen molar-refractivity contribution in [2.75, 3.05) is 4.72 Å².